The van der Waals surface area contributed by atoms with Gasteiger partial charge in [-0.3, -0.25) is 4.79 Å². The third-order valence-electron chi connectivity index (χ3n) is 5.33. The summed E-state index contributed by atoms with van der Waals surface area (Å²) in [6.07, 6.45) is -2.79. The minimum atomic E-state index is -4.40. The first-order valence-corrected chi connectivity index (χ1v) is 9.69. The molecule has 0 bridgehead atoms. The molecule has 8 heteroatoms. The van der Waals surface area contributed by atoms with Crippen molar-refractivity contribution >= 4 is 5.91 Å². The second-order valence-electron chi connectivity index (χ2n) is 7.43. The van der Waals surface area contributed by atoms with Gasteiger partial charge in [0.25, 0.3) is 5.91 Å². The van der Waals surface area contributed by atoms with Gasteiger partial charge < -0.3 is 9.32 Å². The molecule has 0 radical (unpaired) electrons. The van der Waals surface area contributed by atoms with Crippen molar-refractivity contribution in [2.75, 3.05) is 13.1 Å². The lowest BCUT2D eigenvalue weighted by atomic mass is 9.97. The molecule has 0 N–H and O–H groups in total. The average molecular weight is 415 g/mol. The Morgan fingerprint density at radius 1 is 1.10 bits per heavy atom. The van der Waals surface area contributed by atoms with E-state index in [4.69, 9.17) is 4.42 Å². The minimum Gasteiger partial charge on any atom is -0.420 e. The Kier molecular flexibility index (Phi) is 5.32. The Balaban J connectivity index is 1.49. The maximum atomic E-state index is 12.9. The van der Waals surface area contributed by atoms with Crippen LogP contribution in [0, 0.1) is 6.92 Å². The summed E-state index contributed by atoms with van der Waals surface area (Å²) in [5.74, 6) is 0.427. The molecule has 0 saturated carbocycles. The van der Waals surface area contributed by atoms with Crippen molar-refractivity contribution in [3.8, 4) is 11.5 Å². The number of benzene rings is 2. The molecule has 1 amide bonds. The number of piperidine rings is 1. The molecule has 1 atom stereocenters. The van der Waals surface area contributed by atoms with E-state index in [1.165, 1.54) is 12.1 Å². The van der Waals surface area contributed by atoms with Gasteiger partial charge in [-0.15, -0.1) is 10.2 Å². The predicted octanol–water partition coefficient (Wildman–Crippen LogP) is 5.08. The van der Waals surface area contributed by atoms with Crippen molar-refractivity contribution in [3.05, 3.63) is 71.1 Å². The van der Waals surface area contributed by atoms with E-state index in [9.17, 15) is 18.0 Å². The first-order chi connectivity index (χ1) is 14.3. The van der Waals surface area contributed by atoms with Gasteiger partial charge in [0.15, 0.2) is 0 Å². The zero-order valence-corrected chi connectivity index (χ0v) is 16.3. The highest BCUT2D eigenvalue weighted by Gasteiger charge is 2.31. The molecule has 1 unspecified atom stereocenters. The fourth-order valence-electron chi connectivity index (χ4n) is 3.66. The summed E-state index contributed by atoms with van der Waals surface area (Å²) in [6.45, 7) is 3.02. The number of rotatable bonds is 3. The number of hydrogen-bond acceptors (Lipinski definition) is 4. The summed E-state index contributed by atoms with van der Waals surface area (Å²) in [7, 11) is 0. The van der Waals surface area contributed by atoms with Crippen molar-refractivity contribution in [3.63, 3.8) is 0 Å². The molecular weight excluding hydrogens is 395 g/mol. The normalized spacial score (nSPS) is 17.2. The second-order valence-corrected chi connectivity index (χ2v) is 7.43. The molecule has 1 aliphatic rings. The third kappa shape index (κ3) is 4.08. The van der Waals surface area contributed by atoms with Gasteiger partial charge in [0.2, 0.25) is 11.8 Å². The van der Waals surface area contributed by atoms with Gasteiger partial charge in [-0.2, -0.15) is 13.2 Å². The van der Waals surface area contributed by atoms with Crippen molar-refractivity contribution in [2.24, 2.45) is 0 Å². The van der Waals surface area contributed by atoms with Gasteiger partial charge in [0, 0.05) is 24.2 Å². The quantitative estimate of drug-likeness (QED) is 0.598. The van der Waals surface area contributed by atoms with Gasteiger partial charge in [-0.05, 0) is 55.7 Å². The number of carbonyl (C=O) groups excluding carboxylic acids is 1. The van der Waals surface area contributed by atoms with Crippen LogP contribution in [0.2, 0.25) is 0 Å². The Hall–Kier alpha value is -3.16. The highest BCUT2D eigenvalue weighted by molar-refractivity contribution is 5.95. The van der Waals surface area contributed by atoms with Crippen LogP contribution in [0.25, 0.3) is 11.5 Å². The van der Waals surface area contributed by atoms with Gasteiger partial charge in [-0.1, -0.05) is 18.2 Å². The zero-order chi connectivity index (χ0) is 21.3. The van der Waals surface area contributed by atoms with E-state index >= 15 is 0 Å². The first-order valence-electron chi connectivity index (χ1n) is 9.69. The van der Waals surface area contributed by atoms with Crippen molar-refractivity contribution in [1.82, 2.24) is 15.1 Å². The number of alkyl halides is 3. The Bertz CT molecular complexity index is 1040. The van der Waals surface area contributed by atoms with E-state index in [2.05, 4.69) is 10.2 Å². The van der Waals surface area contributed by atoms with Crippen molar-refractivity contribution < 1.29 is 22.4 Å². The van der Waals surface area contributed by atoms with Crippen LogP contribution in [-0.2, 0) is 6.18 Å². The smallest absolute Gasteiger partial charge is 0.416 e. The molecule has 3 aromatic rings. The number of nitrogens with zero attached hydrogens (tertiary/aromatic N) is 3. The van der Waals surface area contributed by atoms with Crippen molar-refractivity contribution in [1.29, 1.82) is 0 Å². The largest absolute Gasteiger partial charge is 0.420 e. The van der Waals surface area contributed by atoms with E-state index in [1.54, 1.807) is 4.90 Å². The monoisotopic (exact) mass is 415 g/mol. The number of likely N-dealkylation sites (tertiary alicyclic amines) is 1. The van der Waals surface area contributed by atoms with E-state index in [-0.39, 0.29) is 17.7 Å². The summed E-state index contributed by atoms with van der Waals surface area (Å²) in [5.41, 5.74) is 1.29. The van der Waals surface area contributed by atoms with Crippen LogP contribution in [0.5, 0.6) is 0 Å². The van der Waals surface area contributed by atoms with E-state index in [0.29, 0.717) is 30.1 Å². The maximum absolute atomic E-state index is 12.9. The standard InChI is InChI=1S/C22H20F3N3O2/c1-14-5-2-3-7-18(14)21(29)28-12-4-6-16(13-28)20-27-26-19(30-20)15-8-10-17(11-9-15)22(23,24)25/h2-3,5,7-11,16H,4,6,12-13H2,1H3. The fourth-order valence-corrected chi connectivity index (χ4v) is 3.66. The summed E-state index contributed by atoms with van der Waals surface area (Å²) >= 11 is 0. The average Bonchev–Trinajstić information content (AvgIpc) is 3.24. The third-order valence-corrected chi connectivity index (χ3v) is 5.33. The molecule has 1 saturated heterocycles. The van der Waals surface area contributed by atoms with Crippen LogP contribution in [0.1, 0.15) is 46.1 Å². The highest BCUT2D eigenvalue weighted by Crippen LogP contribution is 2.32. The van der Waals surface area contributed by atoms with Crippen molar-refractivity contribution in [2.45, 2.75) is 31.9 Å². The number of hydrogen-bond donors (Lipinski definition) is 0. The molecule has 30 heavy (non-hydrogen) atoms. The number of aromatic nitrogens is 2. The second kappa shape index (κ2) is 7.93. The first kappa shape index (κ1) is 20.1. The van der Waals surface area contributed by atoms with E-state index in [0.717, 1.165) is 30.5 Å². The SMILES string of the molecule is Cc1ccccc1C(=O)N1CCCC(c2nnc(-c3ccc(C(F)(F)F)cc3)o2)C1. The highest BCUT2D eigenvalue weighted by atomic mass is 19.4. The minimum absolute atomic E-state index is 0.0275. The Morgan fingerprint density at radius 3 is 2.53 bits per heavy atom. The summed E-state index contributed by atoms with van der Waals surface area (Å²) in [4.78, 5) is 14.7. The predicted molar refractivity (Wildman–Crippen MR) is 104 cm³/mol. The number of aryl methyl sites for hydroxylation is 1. The van der Waals surface area contributed by atoms with Crippen LogP contribution in [0.4, 0.5) is 13.2 Å². The molecule has 1 aromatic heterocycles. The molecule has 1 fully saturated rings. The molecule has 1 aliphatic heterocycles. The zero-order valence-electron chi connectivity index (χ0n) is 16.3. The molecule has 2 aromatic carbocycles. The summed E-state index contributed by atoms with van der Waals surface area (Å²) in [5, 5.41) is 8.09. The number of amides is 1. The summed E-state index contributed by atoms with van der Waals surface area (Å²) in [6, 6.07) is 12.1. The van der Waals surface area contributed by atoms with Crippen LogP contribution in [0.15, 0.2) is 52.9 Å². The van der Waals surface area contributed by atoms with Crippen LogP contribution >= 0.6 is 0 Å². The van der Waals surface area contributed by atoms with Gasteiger partial charge in [0.1, 0.15) is 0 Å². The van der Waals surface area contributed by atoms with Gasteiger partial charge >= 0.3 is 6.18 Å². The maximum Gasteiger partial charge on any atom is 0.416 e. The lowest BCUT2D eigenvalue weighted by molar-refractivity contribution is -0.137. The van der Waals surface area contributed by atoms with Gasteiger partial charge in [-0.25, -0.2) is 0 Å². The number of halogens is 3. The Morgan fingerprint density at radius 2 is 1.83 bits per heavy atom. The van der Waals surface area contributed by atoms with Crippen LogP contribution in [-0.4, -0.2) is 34.1 Å². The topological polar surface area (TPSA) is 59.2 Å². The number of carbonyl (C=O) groups is 1. The van der Waals surface area contributed by atoms with Gasteiger partial charge in [0.05, 0.1) is 11.5 Å². The Labute approximate surface area is 171 Å². The lowest BCUT2D eigenvalue weighted by Gasteiger charge is -2.31. The lowest BCUT2D eigenvalue weighted by Crippen LogP contribution is -2.39. The van der Waals surface area contributed by atoms with E-state index < -0.39 is 11.7 Å². The summed E-state index contributed by atoms with van der Waals surface area (Å²) < 4.78 is 44.0. The molecule has 4 rings (SSSR count). The molecule has 0 spiro atoms. The van der Waals surface area contributed by atoms with Crippen LogP contribution in [0.3, 0.4) is 0 Å². The van der Waals surface area contributed by atoms with E-state index in [1.807, 2.05) is 31.2 Å². The molecule has 156 valence electrons. The molecular formula is C22H20F3N3O2. The van der Waals surface area contributed by atoms with Crippen LogP contribution < -0.4 is 0 Å². The molecule has 2 heterocycles. The fraction of sp³-hybridized carbons (Fsp3) is 0.318. The molecule has 5 nitrogen and oxygen atoms in total. The molecule has 0 aliphatic carbocycles.